The lowest BCUT2D eigenvalue weighted by Crippen LogP contribution is -2.27. The molecule has 25 heavy (non-hydrogen) atoms. The molecule has 1 fully saturated rings. The standard InChI is InChI=1S/C18H14N2O4S/c1-12-2-4-14(5-3-12)11-19-17(21)16(25-18(19)22)10-13-6-8-15(9-7-13)20(23)24/h2-10H,11H2,1H3/b16-10-. The van der Waals surface area contributed by atoms with Crippen LogP contribution in [0.15, 0.2) is 53.4 Å². The van der Waals surface area contributed by atoms with E-state index in [1.54, 1.807) is 18.2 Å². The molecule has 1 saturated heterocycles. The minimum absolute atomic E-state index is 0.0235. The van der Waals surface area contributed by atoms with Crippen molar-refractivity contribution in [1.82, 2.24) is 4.90 Å². The quantitative estimate of drug-likeness (QED) is 0.468. The van der Waals surface area contributed by atoms with Crippen LogP contribution >= 0.6 is 11.8 Å². The lowest BCUT2D eigenvalue weighted by Gasteiger charge is -2.12. The van der Waals surface area contributed by atoms with Gasteiger partial charge in [0.2, 0.25) is 0 Å². The van der Waals surface area contributed by atoms with E-state index in [0.29, 0.717) is 10.5 Å². The van der Waals surface area contributed by atoms with Crippen molar-refractivity contribution in [1.29, 1.82) is 0 Å². The maximum absolute atomic E-state index is 12.5. The molecule has 0 unspecified atom stereocenters. The maximum atomic E-state index is 12.5. The van der Waals surface area contributed by atoms with Crippen molar-refractivity contribution < 1.29 is 14.5 Å². The molecule has 0 radical (unpaired) electrons. The zero-order valence-electron chi connectivity index (χ0n) is 13.3. The molecule has 6 nitrogen and oxygen atoms in total. The average molecular weight is 354 g/mol. The lowest BCUT2D eigenvalue weighted by molar-refractivity contribution is -0.384. The summed E-state index contributed by atoms with van der Waals surface area (Å²) in [6, 6.07) is 13.5. The molecule has 0 atom stereocenters. The molecule has 1 heterocycles. The van der Waals surface area contributed by atoms with Gasteiger partial charge in [-0.1, -0.05) is 29.8 Å². The molecule has 2 amide bonds. The molecule has 7 heteroatoms. The molecule has 2 aromatic rings. The Morgan fingerprint density at radius 1 is 1.08 bits per heavy atom. The highest BCUT2D eigenvalue weighted by Gasteiger charge is 2.34. The Hall–Kier alpha value is -2.93. The van der Waals surface area contributed by atoms with Gasteiger partial charge >= 0.3 is 0 Å². The van der Waals surface area contributed by atoms with Gasteiger partial charge in [-0.3, -0.25) is 24.6 Å². The minimum atomic E-state index is -0.487. The van der Waals surface area contributed by atoms with Crippen molar-refractivity contribution in [2.24, 2.45) is 0 Å². The Balaban J connectivity index is 1.78. The van der Waals surface area contributed by atoms with Gasteiger partial charge < -0.3 is 0 Å². The topological polar surface area (TPSA) is 80.5 Å². The van der Waals surface area contributed by atoms with E-state index in [2.05, 4.69) is 0 Å². The minimum Gasteiger partial charge on any atom is -0.268 e. The molecule has 0 N–H and O–H groups in total. The summed E-state index contributed by atoms with van der Waals surface area (Å²) in [6.45, 7) is 2.19. The number of nitrogens with zero attached hydrogens (tertiary/aromatic N) is 2. The predicted octanol–water partition coefficient (Wildman–Crippen LogP) is 4.14. The zero-order valence-corrected chi connectivity index (χ0v) is 14.2. The second-order valence-corrected chi connectivity index (χ2v) is 6.60. The van der Waals surface area contributed by atoms with Crippen LogP contribution in [0.3, 0.4) is 0 Å². The Morgan fingerprint density at radius 2 is 1.72 bits per heavy atom. The first-order valence-electron chi connectivity index (χ1n) is 7.49. The monoisotopic (exact) mass is 354 g/mol. The number of imide groups is 1. The van der Waals surface area contributed by atoms with E-state index in [4.69, 9.17) is 0 Å². The summed E-state index contributed by atoms with van der Waals surface area (Å²) in [5, 5.41) is 10.3. The Kier molecular flexibility index (Phi) is 4.67. The largest absolute Gasteiger partial charge is 0.293 e. The lowest BCUT2D eigenvalue weighted by atomic mass is 10.1. The number of hydrogen-bond donors (Lipinski definition) is 0. The normalized spacial score (nSPS) is 15.9. The molecule has 2 aromatic carbocycles. The summed E-state index contributed by atoms with van der Waals surface area (Å²) in [5.74, 6) is -0.353. The molecule has 126 valence electrons. The van der Waals surface area contributed by atoms with Gasteiger partial charge in [0.05, 0.1) is 16.4 Å². The summed E-state index contributed by atoms with van der Waals surface area (Å²) in [7, 11) is 0. The Bertz CT molecular complexity index is 873. The van der Waals surface area contributed by atoms with Crippen molar-refractivity contribution in [3.63, 3.8) is 0 Å². The number of aryl methyl sites for hydroxylation is 1. The number of thioether (sulfide) groups is 1. The third-order valence-corrected chi connectivity index (χ3v) is 4.64. The van der Waals surface area contributed by atoms with Crippen LogP contribution in [0, 0.1) is 17.0 Å². The van der Waals surface area contributed by atoms with E-state index in [9.17, 15) is 19.7 Å². The number of benzene rings is 2. The highest BCUT2D eigenvalue weighted by Crippen LogP contribution is 2.33. The molecular weight excluding hydrogens is 340 g/mol. The highest BCUT2D eigenvalue weighted by atomic mass is 32.2. The number of non-ortho nitro benzene ring substituents is 1. The summed E-state index contributed by atoms with van der Waals surface area (Å²) in [5.41, 5.74) is 2.59. The second kappa shape index (κ2) is 6.90. The fourth-order valence-corrected chi connectivity index (χ4v) is 3.19. The smallest absolute Gasteiger partial charge is 0.268 e. The highest BCUT2D eigenvalue weighted by molar-refractivity contribution is 8.18. The van der Waals surface area contributed by atoms with E-state index in [-0.39, 0.29) is 23.4 Å². The van der Waals surface area contributed by atoms with Gasteiger partial charge in [-0.05, 0) is 48.0 Å². The SMILES string of the molecule is Cc1ccc(CN2C(=O)S/C(=C\c3ccc([N+](=O)[O-])cc3)C2=O)cc1. The van der Waals surface area contributed by atoms with Crippen molar-refractivity contribution in [3.05, 3.63) is 80.2 Å². The van der Waals surface area contributed by atoms with Gasteiger partial charge in [0.15, 0.2) is 0 Å². The third kappa shape index (κ3) is 3.77. The van der Waals surface area contributed by atoms with E-state index >= 15 is 0 Å². The molecule has 0 saturated carbocycles. The zero-order chi connectivity index (χ0) is 18.0. The molecule has 1 aliphatic rings. The van der Waals surface area contributed by atoms with Crippen LogP contribution in [0.4, 0.5) is 10.5 Å². The second-order valence-electron chi connectivity index (χ2n) is 5.60. The summed E-state index contributed by atoms with van der Waals surface area (Å²) < 4.78 is 0. The summed E-state index contributed by atoms with van der Waals surface area (Å²) in [4.78, 5) is 36.3. The molecule has 0 spiro atoms. The first-order valence-corrected chi connectivity index (χ1v) is 8.31. The Morgan fingerprint density at radius 3 is 2.32 bits per heavy atom. The van der Waals surface area contributed by atoms with Gasteiger partial charge in [-0.15, -0.1) is 0 Å². The van der Waals surface area contributed by atoms with Crippen LogP contribution in [-0.4, -0.2) is 21.0 Å². The molecule has 0 bridgehead atoms. The van der Waals surface area contributed by atoms with Crippen molar-refractivity contribution in [3.8, 4) is 0 Å². The fraction of sp³-hybridized carbons (Fsp3) is 0.111. The van der Waals surface area contributed by atoms with Gasteiger partial charge in [0.25, 0.3) is 16.8 Å². The number of carbonyl (C=O) groups is 2. The number of amides is 2. The van der Waals surface area contributed by atoms with Crippen molar-refractivity contribution in [2.75, 3.05) is 0 Å². The van der Waals surface area contributed by atoms with E-state index in [1.165, 1.54) is 17.0 Å². The molecule has 0 aliphatic carbocycles. The Labute approximate surface area is 148 Å². The molecule has 0 aromatic heterocycles. The van der Waals surface area contributed by atoms with E-state index in [0.717, 1.165) is 22.9 Å². The molecule has 3 rings (SSSR count). The van der Waals surface area contributed by atoms with Gasteiger partial charge in [-0.2, -0.15) is 0 Å². The van der Waals surface area contributed by atoms with E-state index < -0.39 is 4.92 Å². The first-order chi connectivity index (χ1) is 11.9. The number of nitro benzene ring substituents is 1. The number of carbonyl (C=O) groups excluding carboxylic acids is 2. The number of rotatable bonds is 4. The molecule has 1 aliphatic heterocycles. The van der Waals surface area contributed by atoms with Crippen LogP contribution < -0.4 is 0 Å². The molecular formula is C18H14N2O4S. The van der Waals surface area contributed by atoms with Crippen molar-refractivity contribution in [2.45, 2.75) is 13.5 Å². The number of hydrogen-bond acceptors (Lipinski definition) is 5. The van der Waals surface area contributed by atoms with Gasteiger partial charge in [0, 0.05) is 12.1 Å². The van der Waals surface area contributed by atoms with Gasteiger partial charge in [0.1, 0.15) is 0 Å². The van der Waals surface area contributed by atoms with Crippen LogP contribution in [0.25, 0.3) is 6.08 Å². The van der Waals surface area contributed by atoms with E-state index in [1.807, 2.05) is 31.2 Å². The fourth-order valence-electron chi connectivity index (χ4n) is 2.36. The predicted molar refractivity (Wildman–Crippen MR) is 95.8 cm³/mol. The number of nitro groups is 1. The maximum Gasteiger partial charge on any atom is 0.293 e. The van der Waals surface area contributed by atoms with Gasteiger partial charge in [-0.25, -0.2) is 0 Å². The summed E-state index contributed by atoms with van der Waals surface area (Å²) >= 11 is 0.874. The first kappa shape index (κ1) is 16.9. The third-order valence-electron chi connectivity index (χ3n) is 3.74. The van der Waals surface area contributed by atoms with Crippen LogP contribution in [0.1, 0.15) is 16.7 Å². The van der Waals surface area contributed by atoms with Crippen LogP contribution in [0.2, 0.25) is 0 Å². The average Bonchev–Trinajstić information content (AvgIpc) is 2.85. The van der Waals surface area contributed by atoms with Crippen LogP contribution in [0.5, 0.6) is 0 Å². The van der Waals surface area contributed by atoms with Crippen LogP contribution in [-0.2, 0) is 11.3 Å². The van der Waals surface area contributed by atoms with Crippen molar-refractivity contribution >= 4 is 34.7 Å². The summed E-state index contributed by atoms with van der Waals surface area (Å²) in [6.07, 6.45) is 1.57.